The van der Waals surface area contributed by atoms with E-state index >= 15 is 0 Å². The summed E-state index contributed by atoms with van der Waals surface area (Å²) in [5.74, 6) is 0. The molecule has 2 heterocycles. The maximum Gasteiger partial charge on any atom is 0.292 e. The van der Waals surface area contributed by atoms with Crippen LogP contribution in [0.4, 0.5) is 17.1 Å². The SMILES string of the molecule is O=[N+]([O-])c1ccc(N2CCOCC2)cc1N1CC[NH+](CCO)CC1. The van der Waals surface area contributed by atoms with Crippen LogP contribution < -0.4 is 14.7 Å². The van der Waals surface area contributed by atoms with Gasteiger partial charge in [0.05, 0.1) is 50.9 Å². The molecule has 0 aromatic heterocycles. The number of rotatable bonds is 5. The number of quaternary nitrogens is 1. The second kappa shape index (κ2) is 7.78. The molecule has 0 bridgehead atoms. The molecule has 24 heavy (non-hydrogen) atoms. The molecule has 2 fully saturated rings. The maximum atomic E-state index is 11.4. The summed E-state index contributed by atoms with van der Waals surface area (Å²) in [4.78, 5) is 16.8. The zero-order chi connectivity index (χ0) is 16.9. The van der Waals surface area contributed by atoms with Crippen LogP contribution >= 0.6 is 0 Å². The van der Waals surface area contributed by atoms with Crippen molar-refractivity contribution in [2.24, 2.45) is 0 Å². The number of nitro groups is 1. The summed E-state index contributed by atoms with van der Waals surface area (Å²) in [6, 6.07) is 5.40. The van der Waals surface area contributed by atoms with Crippen molar-refractivity contribution >= 4 is 17.1 Å². The van der Waals surface area contributed by atoms with E-state index in [0.29, 0.717) is 18.9 Å². The van der Waals surface area contributed by atoms with Crippen molar-refractivity contribution in [1.82, 2.24) is 0 Å². The number of hydrogen-bond donors (Lipinski definition) is 2. The Morgan fingerprint density at radius 2 is 1.88 bits per heavy atom. The molecule has 1 aromatic carbocycles. The third kappa shape index (κ3) is 3.77. The van der Waals surface area contributed by atoms with Crippen molar-refractivity contribution in [3.8, 4) is 0 Å². The molecule has 0 atom stereocenters. The number of anilines is 2. The molecule has 1 aromatic rings. The molecule has 2 aliphatic rings. The molecule has 2 aliphatic heterocycles. The molecule has 132 valence electrons. The first kappa shape index (κ1) is 16.9. The van der Waals surface area contributed by atoms with Crippen molar-refractivity contribution < 1.29 is 19.7 Å². The lowest BCUT2D eigenvalue weighted by Gasteiger charge is -2.34. The van der Waals surface area contributed by atoms with Gasteiger partial charge in [-0.1, -0.05) is 0 Å². The molecular weight excluding hydrogens is 312 g/mol. The second-order valence-electron chi connectivity index (χ2n) is 6.24. The Labute approximate surface area is 141 Å². The minimum absolute atomic E-state index is 0.164. The monoisotopic (exact) mass is 337 g/mol. The summed E-state index contributed by atoms with van der Waals surface area (Å²) in [7, 11) is 0. The molecule has 0 spiro atoms. The highest BCUT2D eigenvalue weighted by Gasteiger charge is 2.26. The van der Waals surface area contributed by atoms with Crippen molar-refractivity contribution in [3.05, 3.63) is 28.3 Å². The number of piperazine rings is 1. The minimum atomic E-state index is -0.300. The van der Waals surface area contributed by atoms with Crippen LogP contribution in [0.25, 0.3) is 0 Å². The summed E-state index contributed by atoms with van der Waals surface area (Å²) in [5, 5.41) is 20.5. The van der Waals surface area contributed by atoms with E-state index in [1.54, 1.807) is 6.07 Å². The van der Waals surface area contributed by atoms with E-state index in [1.165, 1.54) is 4.90 Å². The number of benzene rings is 1. The van der Waals surface area contributed by atoms with Gasteiger partial charge in [0, 0.05) is 24.8 Å². The van der Waals surface area contributed by atoms with E-state index in [0.717, 1.165) is 51.5 Å². The lowest BCUT2D eigenvalue weighted by molar-refractivity contribution is -0.900. The Bertz CT molecular complexity index is 569. The standard InChI is InChI=1S/C16H24N4O4/c21-10-7-17-3-5-19(6-4-17)16-13-14(1-2-15(16)20(22)23)18-8-11-24-12-9-18/h1-2,13,21H,3-12H2/p+1. The van der Waals surface area contributed by atoms with E-state index in [9.17, 15) is 10.1 Å². The van der Waals surface area contributed by atoms with Crippen LogP contribution in [0.3, 0.4) is 0 Å². The highest BCUT2D eigenvalue weighted by molar-refractivity contribution is 5.70. The van der Waals surface area contributed by atoms with Crippen LogP contribution in [0.2, 0.25) is 0 Å². The van der Waals surface area contributed by atoms with Crippen LogP contribution in [-0.4, -0.2) is 75.7 Å². The zero-order valence-electron chi connectivity index (χ0n) is 13.8. The fourth-order valence-corrected chi connectivity index (χ4v) is 3.41. The Morgan fingerprint density at radius 1 is 1.17 bits per heavy atom. The number of aliphatic hydroxyl groups is 1. The average molecular weight is 337 g/mol. The van der Waals surface area contributed by atoms with Gasteiger partial charge in [0.2, 0.25) is 0 Å². The van der Waals surface area contributed by atoms with Crippen LogP contribution in [0.1, 0.15) is 0 Å². The molecule has 0 amide bonds. The summed E-state index contributed by atoms with van der Waals surface area (Å²) >= 11 is 0. The highest BCUT2D eigenvalue weighted by atomic mass is 16.6. The quantitative estimate of drug-likeness (QED) is 0.537. The van der Waals surface area contributed by atoms with E-state index in [1.807, 2.05) is 12.1 Å². The molecule has 0 unspecified atom stereocenters. The number of morpholine rings is 1. The third-order valence-corrected chi connectivity index (χ3v) is 4.81. The summed E-state index contributed by atoms with van der Waals surface area (Å²) < 4.78 is 5.38. The number of aliphatic hydroxyl groups excluding tert-OH is 1. The van der Waals surface area contributed by atoms with E-state index in [4.69, 9.17) is 9.84 Å². The maximum absolute atomic E-state index is 11.4. The normalized spacial score (nSPS) is 19.5. The van der Waals surface area contributed by atoms with Gasteiger partial charge in [-0.25, -0.2) is 0 Å². The van der Waals surface area contributed by atoms with Crippen molar-refractivity contribution in [2.45, 2.75) is 0 Å². The van der Waals surface area contributed by atoms with Crippen LogP contribution in [-0.2, 0) is 4.74 Å². The lowest BCUT2D eigenvalue weighted by atomic mass is 10.1. The topological polar surface area (TPSA) is 83.5 Å². The minimum Gasteiger partial charge on any atom is -0.391 e. The van der Waals surface area contributed by atoms with Crippen molar-refractivity contribution in [3.63, 3.8) is 0 Å². The van der Waals surface area contributed by atoms with Crippen molar-refractivity contribution in [1.29, 1.82) is 0 Å². The summed E-state index contributed by atoms with van der Waals surface area (Å²) in [5.41, 5.74) is 1.88. The van der Waals surface area contributed by atoms with E-state index < -0.39 is 0 Å². The van der Waals surface area contributed by atoms with E-state index in [2.05, 4.69) is 9.80 Å². The average Bonchev–Trinajstić information content (AvgIpc) is 2.63. The third-order valence-electron chi connectivity index (χ3n) is 4.81. The number of hydrogen-bond acceptors (Lipinski definition) is 6. The summed E-state index contributed by atoms with van der Waals surface area (Å²) in [6.07, 6.45) is 0. The first-order valence-electron chi connectivity index (χ1n) is 8.49. The number of nitrogens with zero attached hydrogens (tertiary/aromatic N) is 3. The van der Waals surface area contributed by atoms with Crippen LogP contribution in [0.15, 0.2) is 18.2 Å². The smallest absolute Gasteiger partial charge is 0.292 e. The Kier molecular flexibility index (Phi) is 5.49. The van der Waals surface area contributed by atoms with Crippen LogP contribution in [0, 0.1) is 10.1 Å². The molecule has 3 rings (SSSR count). The van der Waals surface area contributed by atoms with Gasteiger partial charge < -0.3 is 24.5 Å². The molecule has 2 saturated heterocycles. The predicted molar refractivity (Wildman–Crippen MR) is 91.0 cm³/mol. The molecule has 0 saturated carbocycles. The molecule has 2 N–H and O–H groups in total. The van der Waals surface area contributed by atoms with Gasteiger partial charge in [-0.3, -0.25) is 10.1 Å². The predicted octanol–water partition coefficient (Wildman–Crippen LogP) is -0.871. The Morgan fingerprint density at radius 3 is 2.50 bits per heavy atom. The largest absolute Gasteiger partial charge is 0.391 e. The first-order chi connectivity index (χ1) is 11.7. The van der Waals surface area contributed by atoms with Gasteiger partial charge >= 0.3 is 0 Å². The fraction of sp³-hybridized carbons (Fsp3) is 0.625. The lowest BCUT2D eigenvalue weighted by Crippen LogP contribution is -3.15. The van der Waals surface area contributed by atoms with Gasteiger partial charge in [-0.05, 0) is 12.1 Å². The molecule has 8 heteroatoms. The second-order valence-corrected chi connectivity index (χ2v) is 6.24. The van der Waals surface area contributed by atoms with E-state index in [-0.39, 0.29) is 17.2 Å². The summed E-state index contributed by atoms with van der Waals surface area (Å²) in [6.45, 7) is 7.23. The molecule has 0 radical (unpaired) electrons. The first-order valence-corrected chi connectivity index (χ1v) is 8.49. The van der Waals surface area contributed by atoms with Crippen LogP contribution in [0.5, 0.6) is 0 Å². The van der Waals surface area contributed by atoms with Gasteiger partial charge in [0.25, 0.3) is 5.69 Å². The van der Waals surface area contributed by atoms with Gasteiger partial charge in [0.15, 0.2) is 0 Å². The zero-order valence-corrected chi connectivity index (χ0v) is 13.8. The molecular formula is C16H25N4O4+. The Hall–Kier alpha value is -1.90. The Balaban J connectivity index is 1.80. The van der Waals surface area contributed by atoms with Gasteiger partial charge in [-0.2, -0.15) is 0 Å². The van der Waals surface area contributed by atoms with Crippen molar-refractivity contribution in [2.75, 3.05) is 75.4 Å². The highest BCUT2D eigenvalue weighted by Crippen LogP contribution is 2.33. The van der Waals surface area contributed by atoms with Gasteiger partial charge in [-0.15, -0.1) is 0 Å². The van der Waals surface area contributed by atoms with Gasteiger partial charge in [0.1, 0.15) is 12.2 Å². The number of ether oxygens (including phenoxy) is 1. The molecule has 8 nitrogen and oxygen atoms in total. The number of nitrogens with one attached hydrogen (secondary N) is 1. The fourth-order valence-electron chi connectivity index (χ4n) is 3.41. The molecule has 0 aliphatic carbocycles. The number of nitro benzene ring substituents is 1.